The fraction of sp³-hybridized carbons (Fsp3) is 0.390. The number of alkyl carbamates (subject to hydrolysis) is 1. The summed E-state index contributed by atoms with van der Waals surface area (Å²) in [6.45, 7) is 5.59. The second kappa shape index (κ2) is 16.8. The van der Waals surface area contributed by atoms with Crippen molar-refractivity contribution in [3.05, 3.63) is 83.4 Å². The Bertz CT molecular complexity index is 2250. The summed E-state index contributed by atoms with van der Waals surface area (Å²) >= 11 is 12.8. The molecule has 0 spiro atoms. The molecule has 4 atom stereocenters. The number of H-pyrrole nitrogens is 2. The molecule has 2 aromatic carbocycles. The van der Waals surface area contributed by atoms with E-state index in [-0.39, 0.29) is 24.2 Å². The van der Waals surface area contributed by atoms with Crippen LogP contribution in [0.15, 0.2) is 73.3 Å². The van der Waals surface area contributed by atoms with Gasteiger partial charge in [-0.3, -0.25) is 0 Å². The zero-order chi connectivity index (χ0) is 38.5. The number of hydrogen-bond acceptors (Lipinski definition) is 9. The molecule has 0 bridgehead atoms. The Morgan fingerprint density at radius 1 is 0.745 bits per heavy atom. The van der Waals surface area contributed by atoms with Gasteiger partial charge in [-0.05, 0) is 96.4 Å². The minimum absolute atomic E-state index is 0.0569. The van der Waals surface area contributed by atoms with Gasteiger partial charge in [0.15, 0.2) is 0 Å². The normalized spacial score (nSPS) is 20.0. The molecule has 8 rings (SSSR count). The van der Waals surface area contributed by atoms with Gasteiger partial charge < -0.3 is 36.4 Å². The van der Waals surface area contributed by atoms with Crippen LogP contribution in [0.1, 0.15) is 72.1 Å². The number of aromatic amines is 2. The molecule has 288 valence electrons. The summed E-state index contributed by atoms with van der Waals surface area (Å²) in [7, 11) is 0. The van der Waals surface area contributed by atoms with Gasteiger partial charge in [0.2, 0.25) is 11.9 Å². The molecule has 14 heteroatoms. The topological polar surface area (TPSA) is 172 Å². The molecule has 0 radical (unpaired) electrons. The minimum atomic E-state index is -0.508. The van der Waals surface area contributed by atoms with Crippen LogP contribution in [0, 0.1) is 0 Å². The Balaban J connectivity index is 0.000000174. The van der Waals surface area contributed by atoms with E-state index in [4.69, 9.17) is 38.7 Å². The summed E-state index contributed by atoms with van der Waals surface area (Å²) < 4.78 is 5.39. The molecular formula is C41H48Cl2N10O2. The van der Waals surface area contributed by atoms with Crippen molar-refractivity contribution in [2.75, 3.05) is 10.6 Å². The maximum atomic E-state index is 12.1. The molecule has 12 nitrogen and oxygen atoms in total. The van der Waals surface area contributed by atoms with Gasteiger partial charge in [0.05, 0.1) is 33.8 Å². The highest BCUT2D eigenvalue weighted by molar-refractivity contribution is 6.33. The number of carbonyl (C=O) groups is 1. The van der Waals surface area contributed by atoms with Crippen LogP contribution < -0.4 is 21.7 Å². The molecule has 4 aromatic heterocycles. The first kappa shape index (κ1) is 38.4. The highest BCUT2D eigenvalue weighted by Crippen LogP contribution is 2.34. The third-order valence-electron chi connectivity index (χ3n) is 9.96. The molecule has 55 heavy (non-hydrogen) atoms. The largest absolute Gasteiger partial charge is 0.444 e. The van der Waals surface area contributed by atoms with E-state index in [9.17, 15) is 4.79 Å². The first-order chi connectivity index (χ1) is 26.5. The van der Waals surface area contributed by atoms with Crippen molar-refractivity contribution in [2.24, 2.45) is 5.73 Å². The van der Waals surface area contributed by atoms with Crippen LogP contribution in [-0.4, -0.2) is 65.8 Å². The summed E-state index contributed by atoms with van der Waals surface area (Å²) in [5, 5.41) is 13.1. The molecule has 7 N–H and O–H groups in total. The molecule has 6 aromatic rings. The van der Waals surface area contributed by atoms with Crippen LogP contribution in [0.5, 0.6) is 0 Å². The lowest BCUT2D eigenvalue weighted by Gasteiger charge is -2.31. The summed E-state index contributed by atoms with van der Waals surface area (Å²) in [5.74, 6) is 1.15. The maximum Gasteiger partial charge on any atom is 0.407 e. The average Bonchev–Trinajstić information content (AvgIpc) is 3.83. The predicted molar refractivity (Wildman–Crippen MR) is 222 cm³/mol. The number of benzene rings is 2. The third-order valence-corrected chi connectivity index (χ3v) is 10.5. The molecule has 2 fully saturated rings. The number of halogens is 2. The number of anilines is 2. The van der Waals surface area contributed by atoms with E-state index in [1.807, 2.05) is 81.7 Å². The first-order valence-electron chi connectivity index (χ1n) is 19.0. The van der Waals surface area contributed by atoms with Gasteiger partial charge in [-0.15, -0.1) is 0 Å². The van der Waals surface area contributed by atoms with Gasteiger partial charge in [0.1, 0.15) is 5.60 Å². The van der Waals surface area contributed by atoms with Crippen molar-refractivity contribution in [3.63, 3.8) is 0 Å². The second-order valence-electron chi connectivity index (χ2n) is 15.4. The van der Waals surface area contributed by atoms with E-state index in [1.54, 1.807) is 12.4 Å². The van der Waals surface area contributed by atoms with Crippen LogP contribution in [0.3, 0.4) is 0 Å². The van der Waals surface area contributed by atoms with E-state index < -0.39 is 5.60 Å². The number of nitrogens with one attached hydrogen (secondary N) is 5. The predicted octanol–water partition coefficient (Wildman–Crippen LogP) is 9.49. The molecule has 0 saturated heterocycles. The molecule has 4 heterocycles. The SMILES string of the molecule is CC(C)(C)OC(=O)N[C@H]1CCC[C@@H](Nc2ncc(Cl)c(-c3cccc4[nH]ccc34)n2)C1.N[C@H]1CCC[C@@H](Nc2ncc(Cl)c(-c3cccc4[nH]ccc34)n2)C1. The van der Waals surface area contributed by atoms with E-state index in [0.717, 1.165) is 90.0 Å². The number of amides is 1. The average molecular weight is 784 g/mol. The second-order valence-corrected chi connectivity index (χ2v) is 16.2. The molecule has 2 aliphatic rings. The number of aromatic nitrogens is 6. The Hall–Kier alpha value is -4.91. The van der Waals surface area contributed by atoms with Crippen molar-refractivity contribution in [1.29, 1.82) is 0 Å². The van der Waals surface area contributed by atoms with Gasteiger partial charge in [0.25, 0.3) is 0 Å². The molecular weight excluding hydrogens is 735 g/mol. The monoisotopic (exact) mass is 782 g/mol. The standard InChI is InChI=1S/C23H28ClN5O2.C18H20ClN5/c1-23(2,3)31-22(30)28-15-7-4-6-14(12-15)27-21-26-13-18(24)20(29-21)17-8-5-9-19-16(17)10-11-25-19;19-15-10-22-18(23-12-4-1-3-11(20)9-12)24-17(15)14-5-2-6-16-13(14)7-8-21-16/h5,8-11,13-15,25H,4,6-7,12H2,1-3H3,(H,28,30)(H,26,27,29);2,5-8,10-12,21H,1,3-4,9,20H2,(H,22,23,24)/t14-,15+;11-,12+/m10/s1. The van der Waals surface area contributed by atoms with Crippen LogP contribution in [0.4, 0.5) is 16.7 Å². The van der Waals surface area contributed by atoms with Gasteiger partial charge in [0, 0.05) is 69.5 Å². The number of ether oxygens (including phenoxy) is 1. The fourth-order valence-electron chi connectivity index (χ4n) is 7.48. The Morgan fingerprint density at radius 2 is 1.25 bits per heavy atom. The number of rotatable bonds is 7. The lowest BCUT2D eigenvalue weighted by molar-refractivity contribution is 0.0492. The van der Waals surface area contributed by atoms with Crippen molar-refractivity contribution in [2.45, 2.75) is 102 Å². The first-order valence-corrected chi connectivity index (χ1v) is 19.7. The van der Waals surface area contributed by atoms with Crippen LogP contribution in [-0.2, 0) is 4.74 Å². The van der Waals surface area contributed by atoms with Crippen LogP contribution in [0.2, 0.25) is 10.0 Å². The summed E-state index contributed by atoms with van der Waals surface area (Å²) in [6.07, 6.45) is 14.8. The van der Waals surface area contributed by atoms with Gasteiger partial charge in [-0.25, -0.2) is 24.7 Å². The Morgan fingerprint density at radius 3 is 1.78 bits per heavy atom. The highest BCUT2D eigenvalue weighted by Gasteiger charge is 2.26. The van der Waals surface area contributed by atoms with Crippen LogP contribution in [0.25, 0.3) is 44.3 Å². The van der Waals surface area contributed by atoms with E-state index in [2.05, 4.69) is 40.9 Å². The number of nitrogens with zero attached hydrogens (tertiary/aromatic N) is 4. The smallest absolute Gasteiger partial charge is 0.407 e. The van der Waals surface area contributed by atoms with Gasteiger partial charge in [-0.1, -0.05) is 47.5 Å². The zero-order valence-electron chi connectivity index (χ0n) is 31.3. The maximum absolute atomic E-state index is 12.1. The molecule has 1 amide bonds. The number of carbonyl (C=O) groups excluding carboxylic acids is 1. The number of nitrogens with two attached hydrogens (primary N) is 1. The van der Waals surface area contributed by atoms with Crippen LogP contribution >= 0.6 is 23.2 Å². The third kappa shape index (κ3) is 9.67. The summed E-state index contributed by atoms with van der Waals surface area (Å²) in [6, 6.07) is 16.9. The minimum Gasteiger partial charge on any atom is -0.444 e. The van der Waals surface area contributed by atoms with Crippen molar-refractivity contribution < 1.29 is 9.53 Å². The van der Waals surface area contributed by atoms with E-state index in [1.165, 1.54) is 0 Å². The zero-order valence-corrected chi connectivity index (χ0v) is 32.8. The molecule has 0 aliphatic heterocycles. The number of hydrogen-bond donors (Lipinski definition) is 6. The molecule has 0 unspecified atom stereocenters. The van der Waals surface area contributed by atoms with E-state index >= 15 is 0 Å². The van der Waals surface area contributed by atoms with Gasteiger partial charge >= 0.3 is 6.09 Å². The Labute approximate surface area is 330 Å². The lowest BCUT2D eigenvalue weighted by Crippen LogP contribution is -2.44. The summed E-state index contributed by atoms with van der Waals surface area (Å²) in [5.41, 5.74) is 11.1. The van der Waals surface area contributed by atoms with E-state index in [0.29, 0.717) is 33.7 Å². The van der Waals surface area contributed by atoms with Crippen molar-refractivity contribution >= 4 is 63.0 Å². The highest BCUT2D eigenvalue weighted by atomic mass is 35.5. The quantitative estimate of drug-likeness (QED) is 0.0923. The van der Waals surface area contributed by atoms with Crippen molar-refractivity contribution in [3.8, 4) is 22.5 Å². The number of fused-ring (bicyclic) bond motifs is 2. The van der Waals surface area contributed by atoms with Crippen molar-refractivity contribution in [1.82, 2.24) is 35.2 Å². The lowest BCUT2D eigenvalue weighted by atomic mass is 9.91. The Kier molecular flexibility index (Phi) is 11.8. The summed E-state index contributed by atoms with van der Waals surface area (Å²) in [4.78, 5) is 36.7. The molecule has 2 saturated carbocycles. The van der Waals surface area contributed by atoms with Gasteiger partial charge in [-0.2, -0.15) is 0 Å². The molecule has 2 aliphatic carbocycles. The fourth-order valence-corrected chi connectivity index (χ4v) is 7.87.